The highest BCUT2D eigenvalue weighted by Crippen LogP contribution is 2.43. The van der Waals surface area contributed by atoms with E-state index in [0.29, 0.717) is 29.7 Å². The van der Waals surface area contributed by atoms with Crippen LogP contribution in [0.4, 0.5) is 0 Å². The van der Waals surface area contributed by atoms with Crippen molar-refractivity contribution >= 4 is 32.4 Å². The van der Waals surface area contributed by atoms with Crippen molar-refractivity contribution in [3.8, 4) is 28.9 Å². The molecule has 4 aromatic rings. The van der Waals surface area contributed by atoms with Crippen molar-refractivity contribution in [1.82, 2.24) is 4.98 Å². The van der Waals surface area contributed by atoms with Gasteiger partial charge in [-0.25, -0.2) is 4.98 Å². The van der Waals surface area contributed by atoms with Crippen molar-refractivity contribution in [2.45, 2.75) is 0 Å². The van der Waals surface area contributed by atoms with Gasteiger partial charge in [0.15, 0.2) is 23.0 Å². The molecule has 1 aliphatic rings. The minimum absolute atomic E-state index is 0.227. The molecule has 1 aromatic heterocycles. The predicted octanol–water partition coefficient (Wildman–Crippen LogP) is 4.85. The number of aromatic nitrogens is 1. The van der Waals surface area contributed by atoms with E-state index in [2.05, 4.69) is 18.7 Å². The third-order valence-electron chi connectivity index (χ3n) is 5.08. The first kappa shape index (κ1) is 17.4. The summed E-state index contributed by atoms with van der Waals surface area (Å²) in [6, 6.07) is 11.9. The van der Waals surface area contributed by atoms with Gasteiger partial charge in [0.2, 0.25) is 12.7 Å². The second-order valence-corrected chi connectivity index (χ2v) is 6.66. The van der Waals surface area contributed by atoms with Crippen LogP contribution in [0.2, 0.25) is 0 Å². The lowest BCUT2D eigenvalue weighted by molar-refractivity contribution is 0.174. The summed E-state index contributed by atoms with van der Waals surface area (Å²) >= 11 is 0. The quantitative estimate of drug-likeness (QED) is 0.359. The maximum Gasteiger partial charge on any atom is 0.231 e. The Labute approximate surface area is 167 Å². The van der Waals surface area contributed by atoms with E-state index < -0.39 is 0 Å². The second-order valence-electron chi connectivity index (χ2n) is 6.66. The van der Waals surface area contributed by atoms with Crippen LogP contribution in [0.3, 0.4) is 0 Å². The molecule has 0 N–H and O–H groups in total. The topological polar surface area (TPSA) is 59.0 Å². The van der Waals surface area contributed by atoms with E-state index in [1.54, 1.807) is 20.3 Å². The van der Waals surface area contributed by atoms with Crippen molar-refractivity contribution < 1.29 is 23.7 Å². The molecule has 6 heteroatoms. The fourth-order valence-electron chi connectivity index (χ4n) is 3.72. The molecule has 0 saturated carbocycles. The first-order chi connectivity index (χ1) is 14.2. The maximum atomic E-state index is 5.91. The smallest absolute Gasteiger partial charge is 0.231 e. The first-order valence-electron chi connectivity index (χ1n) is 9.19. The molecule has 0 bridgehead atoms. The van der Waals surface area contributed by atoms with Crippen LogP contribution in [0.1, 0.15) is 0 Å². The van der Waals surface area contributed by atoms with Gasteiger partial charge in [0.1, 0.15) is 6.61 Å². The summed E-state index contributed by atoms with van der Waals surface area (Å²) in [7, 11) is 3.23. The average Bonchev–Trinajstić information content (AvgIpc) is 3.22. The highest BCUT2D eigenvalue weighted by atomic mass is 16.7. The van der Waals surface area contributed by atoms with Crippen LogP contribution < -0.4 is 23.7 Å². The molecule has 5 rings (SSSR count). The molecule has 3 aromatic carbocycles. The van der Waals surface area contributed by atoms with Gasteiger partial charge in [-0.2, -0.15) is 0 Å². The maximum absolute atomic E-state index is 5.91. The van der Waals surface area contributed by atoms with Gasteiger partial charge in [-0.15, -0.1) is 0 Å². The van der Waals surface area contributed by atoms with Crippen LogP contribution in [0.15, 0.2) is 49.1 Å². The van der Waals surface area contributed by atoms with Gasteiger partial charge in [-0.05, 0) is 29.7 Å². The summed E-state index contributed by atoms with van der Waals surface area (Å²) in [6.07, 6.45) is 1.69. The Morgan fingerprint density at radius 1 is 0.931 bits per heavy atom. The van der Waals surface area contributed by atoms with E-state index in [1.807, 2.05) is 24.3 Å². The van der Waals surface area contributed by atoms with Crippen LogP contribution in [0.5, 0.6) is 28.9 Å². The second kappa shape index (κ2) is 6.74. The van der Waals surface area contributed by atoms with Crippen molar-refractivity contribution in [2.75, 3.05) is 27.6 Å². The van der Waals surface area contributed by atoms with E-state index in [9.17, 15) is 0 Å². The number of benzene rings is 3. The largest absolute Gasteiger partial charge is 0.493 e. The van der Waals surface area contributed by atoms with Crippen molar-refractivity contribution in [1.29, 1.82) is 0 Å². The molecule has 29 heavy (non-hydrogen) atoms. The molecule has 6 nitrogen and oxygen atoms in total. The molecule has 0 unspecified atom stereocenters. The Morgan fingerprint density at radius 3 is 2.38 bits per heavy atom. The summed E-state index contributed by atoms with van der Waals surface area (Å²) in [5.74, 6) is 3.24. The summed E-state index contributed by atoms with van der Waals surface area (Å²) in [5.41, 5.74) is 0.819. The highest BCUT2D eigenvalue weighted by molar-refractivity contribution is 6.17. The fraction of sp³-hybridized carbons (Fsp3) is 0.174. The third kappa shape index (κ3) is 2.68. The lowest BCUT2D eigenvalue weighted by Crippen LogP contribution is -1.99. The van der Waals surface area contributed by atoms with E-state index in [-0.39, 0.29) is 6.79 Å². The minimum atomic E-state index is 0.227. The number of ether oxygens (including phenoxy) is 5. The van der Waals surface area contributed by atoms with Crippen LogP contribution in [0, 0.1) is 0 Å². The SMILES string of the molecule is C=CCOc1nc2c3cc4c(cc3ccc2c2cc(OC)c(OC)cc12)OCO4. The fourth-order valence-corrected chi connectivity index (χ4v) is 3.72. The molecule has 1 aliphatic heterocycles. The Balaban J connectivity index is 1.90. The lowest BCUT2D eigenvalue weighted by Gasteiger charge is -2.15. The van der Waals surface area contributed by atoms with Gasteiger partial charge in [-0.3, -0.25) is 0 Å². The van der Waals surface area contributed by atoms with E-state index in [4.69, 9.17) is 28.7 Å². The van der Waals surface area contributed by atoms with E-state index in [1.165, 1.54) is 0 Å². The predicted molar refractivity (Wildman–Crippen MR) is 112 cm³/mol. The Morgan fingerprint density at radius 2 is 1.66 bits per heavy atom. The number of methoxy groups -OCH3 is 2. The van der Waals surface area contributed by atoms with Gasteiger partial charge in [0, 0.05) is 21.5 Å². The molecule has 0 aliphatic carbocycles. The van der Waals surface area contributed by atoms with E-state index >= 15 is 0 Å². The minimum Gasteiger partial charge on any atom is -0.493 e. The molecule has 146 valence electrons. The van der Waals surface area contributed by atoms with Crippen molar-refractivity contribution in [3.63, 3.8) is 0 Å². The molecular formula is C23H19NO5. The summed E-state index contributed by atoms with van der Waals surface area (Å²) < 4.78 is 28.0. The Hall–Kier alpha value is -3.67. The highest BCUT2D eigenvalue weighted by Gasteiger charge is 2.19. The number of nitrogens with zero attached hydrogens (tertiary/aromatic N) is 1. The average molecular weight is 389 g/mol. The molecular weight excluding hydrogens is 370 g/mol. The van der Waals surface area contributed by atoms with Gasteiger partial charge in [0.25, 0.3) is 0 Å². The molecule has 0 amide bonds. The molecule has 0 radical (unpaired) electrons. The van der Waals surface area contributed by atoms with Crippen LogP contribution in [0.25, 0.3) is 32.4 Å². The molecule has 0 spiro atoms. The number of pyridine rings is 1. The van der Waals surface area contributed by atoms with Gasteiger partial charge >= 0.3 is 0 Å². The third-order valence-corrected chi connectivity index (χ3v) is 5.08. The zero-order valence-corrected chi connectivity index (χ0v) is 16.2. The van der Waals surface area contributed by atoms with E-state index in [0.717, 1.165) is 38.2 Å². The van der Waals surface area contributed by atoms with Crippen molar-refractivity contribution in [3.05, 3.63) is 49.1 Å². The molecule has 0 fully saturated rings. The van der Waals surface area contributed by atoms with Gasteiger partial charge in [0.05, 0.1) is 19.7 Å². The zero-order valence-electron chi connectivity index (χ0n) is 16.2. The monoisotopic (exact) mass is 389 g/mol. The van der Waals surface area contributed by atoms with Crippen LogP contribution in [-0.4, -0.2) is 32.6 Å². The zero-order chi connectivity index (χ0) is 20.0. The molecule has 0 saturated heterocycles. The number of hydrogen-bond donors (Lipinski definition) is 0. The number of fused-ring (bicyclic) bond motifs is 6. The van der Waals surface area contributed by atoms with Crippen LogP contribution in [-0.2, 0) is 0 Å². The lowest BCUT2D eigenvalue weighted by atomic mass is 10.0. The van der Waals surface area contributed by atoms with Gasteiger partial charge < -0.3 is 23.7 Å². The summed E-state index contributed by atoms with van der Waals surface area (Å²) in [6.45, 7) is 4.31. The Bertz CT molecular complexity index is 1280. The summed E-state index contributed by atoms with van der Waals surface area (Å²) in [5, 5.41) is 4.78. The summed E-state index contributed by atoms with van der Waals surface area (Å²) in [4.78, 5) is 4.86. The van der Waals surface area contributed by atoms with Crippen LogP contribution >= 0.6 is 0 Å². The number of hydrogen-bond acceptors (Lipinski definition) is 6. The molecule has 2 heterocycles. The van der Waals surface area contributed by atoms with Gasteiger partial charge in [-0.1, -0.05) is 24.8 Å². The standard InChI is InChI=1S/C23H19NO5/c1-4-7-27-23-17-11-19(26-3)18(25-2)10-16(17)14-6-5-13-8-20-21(29-12-28-20)9-15(13)22(14)24-23/h4-6,8-11H,1,7,12H2,2-3H3. The first-order valence-corrected chi connectivity index (χ1v) is 9.19. The van der Waals surface area contributed by atoms with Crippen molar-refractivity contribution in [2.24, 2.45) is 0 Å². The number of rotatable bonds is 5. The molecule has 0 atom stereocenters. The normalized spacial score (nSPS) is 12.5. The Kier molecular flexibility index (Phi) is 4.05.